The van der Waals surface area contributed by atoms with Crippen LogP contribution in [0.2, 0.25) is 0 Å². The fourth-order valence-electron chi connectivity index (χ4n) is 1.88. The number of ether oxygens (including phenoxy) is 1. The largest absolute Gasteiger partial charge is 0.376 e. The van der Waals surface area contributed by atoms with Crippen molar-refractivity contribution in [1.29, 1.82) is 0 Å². The van der Waals surface area contributed by atoms with Crippen LogP contribution in [0.3, 0.4) is 0 Å². The first-order chi connectivity index (χ1) is 6.86. The molecule has 1 aliphatic heterocycles. The van der Waals surface area contributed by atoms with E-state index in [1.165, 1.54) is 25.9 Å². The molecule has 0 saturated carbocycles. The van der Waals surface area contributed by atoms with Crippen LogP contribution in [0.1, 0.15) is 26.7 Å². The van der Waals surface area contributed by atoms with E-state index in [-0.39, 0.29) is 0 Å². The molecule has 14 heavy (non-hydrogen) atoms. The van der Waals surface area contributed by atoms with Crippen LogP contribution >= 0.6 is 0 Å². The van der Waals surface area contributed by atoms with Gasteiger partial charge in [0.2, 0.25) is 0 Å². The lowest BCUT2D eigenvalue weighted by Crippen LogP contribution is -2.40. The molecule has 0 aromatic carbocycles. The Balaban J connectivity index is 2.10. The summed E-state index contributed by atoms with van der Waals surface area (Å²) in [6.07, 6.45) is 2.85. The third-order valence-corrected chi connectivity index (χ3v) is 2.76. The fourth-order valence-corrected chi connectivity index (χ4v) is 1.88. The molecule has 1 fully saturated rings. The number of morpholine rings is 1. The normalized spacial score (nSPS) is 22.9. The van der Waals surface area contributed by atoms with E-state index in [4.69, 9.17) is 4.74 Å². The predicted molar refractivity (Wildman–Crippen MR) is 59.6 cm³/mol. The maximum atomic E-state index is 5.66. The van der Waals surface area contributed by atoms with Crippen molar-refractivity contribution in [2.45, 2.75) is 32.8 Å². The molecule has 0 bridgehead atoms. The van der Waals surface area contributed by atoms with E-state index in [1.807, 2.05) is 0 Å². The Labute approximate surface area is 87.8 Å². The molecule has 0 radical (unpaired) electrons. The Morgan fingerprint density at radius 2 is 2.21 bits per heavy atom. The summed E-state index contributed by atoms with van der Waals surface area (Å²) in [7, 11) is 0. The standard InChI is InChI=1S/C11H24N2O/c1-3-7-13(4-2)8-5-11-10-12-6-9-14-11/h11-12H,3-10H2,1-2H3. The van der Waals surface area contributed by atoms with Gasteiger partial charge in [-0.15, -0.1) is 0 Å². The van der Waals surface area contributed by atoms with Crippen molar-refractivity contribution >= 4 is 0 Å². The Bertz CT molecular complexity index is 130. The maximum Gasteiger partial charge on any atom is 0.0712 e. The Morgan fingerprint density at radius 3 is 2.79 bits per heavy atom. The van der Waals surface area contributed by atoms with E-state index in [2.05, 4.69) is 24.1 Å². The topological polar surface area (TPSA) is 24.5 Å². The molecule has 0 amide bonds. The summed E-state index contributed by atoms with van der Waals surface area (Å²) in [5, 5.41) is 3.37. The number of rotatable bonds is 6. The van der Waals surface area contributed by atoms with Crippen LogP contribution in [0, 0.1) is 0 Å². The van der Waals surface area contributed by atoms with Gasteiger partial charge < -0.3 is 15.0 Å². The van der Waals surface area contributed by atoms with Gasteiger partial charge >= 0.3 is 0 Å². The average molecular weight is 200 g/mol. The van der Waals surface area contributed by atoms with Gasteiger partial charge in [0.25, 0.3) is 0 Å². The SMILES string of the molecule is CCCN(CC)CCC1CNCCO1. The van der Waals surface area contributed by atoms with Gasteiger partial charge in [-0.05, 0) is 25.9 Å². The zero-order chi connectivity index (χ0) is 10.2. The van der Waals surface area contributed by atoms with E-state index in [9.17, 15) is 0 Å². The molecule has 0 aliphatic carbocycles. The van der Waals surface area contributed by atoms with Crippen LogP contribution in [0.25, 0.3) is 0 Å². The molecule has 0 aromatic heterocycles. The lowest BCUT2D eigenvalue weighted by atomic mass is 10.2. The van der Waals surface area contributed by atoms with Crippen molar-refractivity contribution in [3.63, 3.8) is 0 Å². The second kappa shape index (κ2) is 7.21. The summed E-state index contributed by atoms with van der Waals surface area (Å²) in [6, 6.07) is 0. The summed E-state index contributed by atoms with van der Waals surface area (Å²) < 4.78 is 5.66. The smallest absolute Gasteiger partial charge is 0.0712 e. The van der Waals surface area contributed by atoms with Gasteiger partial charge in [0.1, 0.15) is 0 Å². The predicted octanol–water partition coefficient (Wildman–Crippen LogP) is 1.10. The van der Waals surface area contributed by atoms with Crippen molar-refractivity contribution in [3.05, 3.63) is 0 Å². The maximum absolute atomic E-state index is 5.66. The van der Waals surface area contributed by atoms with Gasteiger partial charge in [-0.3, -0.25) is 0 Å². The van der Waals surface area contributed by atoms with Crippen LogP contribution in [-0.2, 0) is 4.74 Å². The lowest BCUT2D eigenvalue weighted by molar-refractivity contribution is 0.0177. The molecule has 3 heteroatoms. The van der Waals surface area contributed by atoms with E-state index in [0.717, 1.165) is 26.2 Å². The zero-order valence-corrected chi connectivity index (χ0v) is 9.59. The van der Waals surface area contributed by atoms with E-state index in [1.54, 1.807) is 0 Å². The molecule has 84 valence electrons. The van der Waals surface area contributed by atoms with Gasteiger partial charge in [-0.1, -0.05) is 13.8 Å². The van der Waals surface area contributed by atoms with Gasteiger partial charge in [-0.2, -0.15) is 0 Å². The lowest BCUT2D eigenvalue weighted by Gasteiger charge is -2.26. The van der Waals surface area contributed by atoms with Gasteiger partial charge in [-0.25, -0.2) is 0 Å². The Morgan fingerprint density at radius 1 is 1.36 bits per heavy atom. The van der Waals surface area contributed by atoms with Crippen molar-refractivity contribution in [1.82, 2.24) is 10.2 Å². The highest BCUT2D eigenvalue weighted by atomic mass is 16.5. The molecule has 1 unspecified atom stereocenters. The second-order valence-electron chi connectivity index (χ2n) is 3.92. The van der Waals surface area contributed by atoms with Crippen molar-refractivity contribution in [2.24, 2.45) is 0 Å². The first-order valence-electron chi connectivity index (χ1n) is 5.91. The van der Waals surface area contributed by atoms with E-state index in [0.29, 0.717) is 6.10 Å². The van der Waals surface area contributed by atoms with E-state index < -0.39 is 0 Å². The molecule has 0 aromatic rings. The summed E-state index contributed by atoms with van der Waals surface area (Å²) >= 11 is 0. The van der Waals surface area contributed by atoms with Gasteiger partial charge in [0, 0.05) is 19.6 Å². The van der Waals surface area contributed by atoms with Crippen molar-refractivity contribution < 1.29 is 4.74 Å². The number of nitrogens with zero attached hydrogens (tertiary/aromatic N) is 1. The Kier molecular flexibility index (Phi) is 6.15. The van der Waals surface area contributed by atoms with Crippen LogP contribution in [0.4, 0.5) is 0 Å². The highest BCUT2D eigenvalue weighted by Gasteiger charge is 2.13. The quantitative estimate of drug-likeness (QED) is 0.695. The van der Waals surface area contributed by atoms with E-state index >= 15 is 0 Å². The molecule has 1 aliphatic rings. The molecule has 1 rings (SSSR count). The average Bonchev–Trinajstić information content (AvgIpc) is 2.25. The fraction of sp³-hybridized carbons (Fsp3) is 1.00. The van der Waals surface area contributed by atoms with Crippen LogP contribution in [0.15, 0.2) is 0 Å². The minimum atomic E-state index is 0.439. The number of hydrogen-bond donors (Lipinski definition) is 1. The zero-order valence-electron chi connectivity index (χ0n) is 9.59. The molecule has 1 N–H and O–H groups in total. The molecule has 1 heterocycles. The molecular formula is C11H24N2O. The number of hydrogen-bond acceptors (Lipinski definition) is 3. The minimum absolute atomic E-state index is 0.439. The van der Waals surface area contributed by atoms with Gasteiger partial charge in [0.05, 0.1) is 12.7 Å². The van der Waals surface area contributed by atoms with Crippen molar-refractivity contribution in [2.75, 3.05) is 39.3 Å². The van der Waals surface area contributed by atoms with Crippen molar-refractivity contribution in [3.8, 4) is 0 Å². The third-order valence-electron chi connectivity index (χ3n) is 2.76. The number of nitrogens with one attached hydrogen (secondary N) is 1. The first-order valence-corrected chi connectivity index (χ1v) is 5.91. The highest BCUT2D eigenvalue weighted by Crippen LogP contribution is 2.03. The molecule has 1 saturated heterocycles. The molecular weight excluding hydrogens is 176 g/mol. The summed E-state index contributed by atoms with van der Waals surface area (Å²) in [5.74, 6) is 0. The second-order valence-corrected chi connectivity index (χ2v) is 3.92. The van der Waals surface area contributed by atoms with Crippen LogP contribution in [-0.4, -0.2) is 50.3 Å². The summed E-state index contributed by atoms with van der Waals surface area (Å²) in [4.78, 5) is 2.50. The first kappa shape index (κ1) is 12.0. The monoisotopic (exact) mass is 200 g/mol. The summed E-state index contributed by atoms with van der Waals surface area (Å²) in [5.41, 5.74) is 0. The highest BCUT2D eigenvalue weighted by molar-refractivity contribution is 4.69. The molecule has 3 nitrogen and oxygen atoms in total. The molecule has 1 atom stereocenters. The molecule has 0 spiro atoms. The van der Waals surface area contributed by atoms with Crippen LogP contribution < -0.4 is 5.32 Å². The minimum Gasteiger partial charge on any atom is -0.376 e. The van der Waals surface area contributed by atoms with Gasteiger partial charge in [0.15, 0.2) is 0 Å². The third kappa shape index (κ3) is 4.40. The Hall–Kier alpha value is -0.120. The van der Waals surface area contributed by atoms with Crippen LogP contribution in [0.5, 0.6) is 0 Å². The summed E-state index contributed by atoms with van der Waals surface area (Å²) in [6.45, 7) is 11.0.